The molecule has 0 radical (unpaired) electrons. The molecule has 0 fully saturated rings. The van der Waals surface area contributed by atoms with E-state index in [4.69, 9.17) is 11.6 Å². The van der Waals surface area contributed by atoms with Crippen LogP contribution in [0.5, 0.6) is 0 Å². The van der Waals surface area contributed by atoms with Crippen LogP contribution in [0.4, 0.5) is 19.0 Å². The lowest BCUT2D eigenvalue weighted by Crippen LogP contribution is -2.06. The molecule has 4 aromatic rings. The SMILES string of the molecule is Cc1nn(-c2cccc(C(F)(F)F)c2)c(Cl)c1C=NNc1nncc2ccccc12. The van der Waals surface area contributed by atoms with E-state index in [9.17, 15) is 13.2 Å². The lowest BCUT2D eigenvalue weighted by atomic mass is 10.2. The Morgan fingerprint density at radius 1 is 1.13 bits per heavy atom. The minimum atomic E-state index is -4.46. The minimum Gasteiger partial charge on any atom is -0.259 e. The van der Waals surface area contributed by atoms with E-state index in [1.54, 1.807) is 13.1 Å². The molecule has 4 rings (SSSR count). The first kappa shape index (κ1) is 19.8. The summed E-state index contributed by atoms with van der Waals surface area (Å²) < 4.78 is 40.3. The third-order valence-electron chi connectivity index (χ3n) is 4.40. The van der Waals surface area contributed by atoms with E-state index in [-0.39, 0.29) is 10.8 Å². The maximum absolute atomic E-state index is 13.0. The first-order valence-electron chi connectivity index (χ1n) is 8.77. The number of aryl methyl sites for hydroxylation is 1. The topological polar surface area (TPSA) is 68.0 Å². The first-order chi connectivity index (χ1) is 14.3. The third kappa shape index (κ3) is 3.84. The number of rotatable bonds is 4. The van der Waals surface area contributed by atoms with Gasteiger partial charge in [0, 0.05) is 10.8 Å². The fourth-order valence-corrected chi connectivity index (χ4v) is 3.23. The molecule has 2 heterocycles. The molecule has 0 aliphatic heterocycles. The molecule has 10 heteroatoms. The summed E-state index contributed by atoms with van der Waals surface area (Å²) in [6.45, 7) is 1.69. The van der Waals surface area contributed by atoms with Crippen molar-refractivity contribution in [1.82, 2.24) is 20.0 Å². The zero-order valence-electron chi connectivity index (χ0n) is 15.5. The van der Waals surface area contributed by atoms with Crippen molar-refractivity contribution in [3.05, 3.63) is 76.7 Å². The van der Waals surface area contributed by atoms with Crippen molar-refractivity contribution in [1.29, 1.82) is 0 Å². The summed E-state index contributed by atoms with van der Waals surface area (Å²) in [4.78, 5) is 0. The highest BCUT2D eigenvalue weighted by Gasteiger charge is 2.30. The lowest BCUT2D eigenvalue weighted by molar-refractivity contribution is -0.137. The molecule has 0 bridgehead atoms. The zero-order valence-corrected chi connectivity index (χ0v) is 16.3. The molecule has 0 spiro atoms. The van der Waals surface area contributed by atoms with Gasteiger partial charge in [-0.1, -0.05) is 41.9 Å². The van der Waals surface area contributed by atoms with E-state index < -0.39 is 11.7 Å². The van der Waals surface area contributed by atoms with Gasteiger partial charge in [0.15, 0.2) is 5.82 Å². The summed E-state index contributed by atoms with van der Waals surface area (Å²) in [5.74, 6) is 0.461. The highest BCUT2D eigenvalue weighted by molar-refractivity contribution is 6.32. The number of anilines is 1. The molecule has 0 saturated heterocycles. The number of nitrogens with zero attached hydrogens (tertiary/aromatic N) is 5. The van der Waals surface area contributed by atoms with Crippen molar-refractivity contribution in [3.63, 3.8) is 0 Å². The maximum atomic E-state index is 13.0. The van der Waals surface area contributed by atoms with Gasteiger partial charge in [0.1, 0.15) is 5.15 Å². The second kappa shape index (κ2) is 7.75. The monoisotopic (exact) mass is 430 g/mol. The van der Waals surface area contributed by atoms with Gasteiger partial charge in [0.2, 0.25) is 0 Å². The predicted octanol–water partition coefficient (Wildman–Crippen LogP) is 5.24. The Labute approximate surface area is 174 Å². The van der Waals surface area contributed by atoms with E-state index in [0.29, 0.717) is 17.1 Å². The van der Waals surface area contributed by atoms with Crippen LogP contribution < -0.4 is 5.43 Å². The molecular formula is C20H14ClF3N6. The Morgan fingerprint density at radius 2 is 1.93 bits per heavy atom. The molecule has 0 atom stereocenters. The van der Waals surface area contributed by atoms with Crippen LogP contribution in [0.3, 0.4) is 0 Å². The van der Waals surface area contributed by atoms with Crippen molar-refractivity contribution in [2.24, 2.45) is 5.10 Å². The molecule has 2 aromatic carbocycles. The van der Waals surface area contributed by atoms with Crippen LogP contribution >= 0.6 is 11.6 Å². The van der Waals surface area contributed by atoms with Gasteiger partial charge in [0.25, 0.3) is 0 Å². The normalized spacial score (nSPS) is 12.0. The van der Waals surface area contributed by atoms with Crippen molar-refractivity contribution in [2.75, 3.05) is 5.43 Å². The van der Waals surface area contributed by atoms with Crippen molar-refractivity contribution < 1.29 is 13.2 Å². The van der Waals surface area contributed by atoms with Gasteiger partial charge in [-0.2, -0.15) is 28.5 Å². The average molecular weight is 431 g/mol. The Morgan fingerprint density at radius 3 is 2.73 bits per heavy atom. The second-order valence-electron chi connectivity index (χ2n) is 6.40. The van der Waals surface area contributed by atoms with Gasteiger partial charge in [-0.15, -0.1) is 5.10 Å². The highest BCUT2D eigenvalue weighted by atomic mass is 35.5. The molecule has 0 aliphatic carbocycles. The van der Waals surface area contributed by atoms with E-state index in [0.717, 1.165) is 22.9 Å². The molecule has 2 aromatic heterocycles. The fourth-order valence-electron chi connectivity index (χ4n) is 2.91. The molecular weight excluding hydrogens is 417 g/mol. The summed E-state index contributed by atoms with van der Waals surface area (Å²) in [5, 5.41) is 18.2. The second-order valence-corrected chi connectivity index (χ2v) is 6.76. The number of nitrogens with one attached hydrogen (secondary N) is 1. The van der Waals surface area contributed by atoms with Crippen LogP contribution in [-0.4, -0.2) is 26.2 Å². The standard InChI is InChI=1S/C20H14ClF3N6/c1-12-17(11-26-28-19-16-8-3-2-5-13(16)10-25-27-19)18(21)30(29-12)15-7-4-6-14(9-15)20(22,23)24/h2-11H,1H3,(H,27,28). The van der Waals surface area contributed by atoms with E-state index in [2.05, 4.69) is 25.8 Å². The smallest absolute Gasteiger partial charge is 0.259 e. The Bertz CT molecular complexity index is 1240. The summed E-state index contributed by atoms with van der Waals surface area (Å²) >= 11 is 6.38. The average Bonchev–Trinajstić information content (AvgIpc) is 3.02. The van der Waals surface area contributed by atoms with Crippen molar-refractivity contribution in [2.45, 2.75) is 13.1 Å². The number of hydrogen-bond donors (Lipinski definition) is 1. The summed E-state index contributed by atoms with van der Waals surface area (Å²) in [5.41, 5.74) is 3.21. The minimum absolute atomic E-state index is 0.140. The molecule has 0 unspecified atom stereocenters. The number of aromatic nitrogens is 4. The molecule has 1 N–H and O–H groups in total. The largest absolute Gasteiger partial charge is 0.416 e. The maximum Gasteiger partial charge on any atom is 0.416 e. The summed E-state index contributed by atoms with van der Waals surface area (Å²) in [6.07, 6.45) is -1.37. The van der Waals surface area contributed by atoms with Crippen molar-refractivity contribution in [3.8, 4) is 5.69 Å². The van der Waals surface area contributed by atoms with Gasteiger partial charge in [-0.05, 0) is 25.1 Å². The Kier molecular flexibility index (Phi) is 5.13. The number of halogens is 4. The molecule has 0 aliphatic rings. The predicted molar refractivity (Wildman–Crippen MR) is 109 cm³/mol. The van der Waals surface area contributed by atoms with Gasteiger partial charge < -0.3 is 0 Å². The summed E-state index contributed by atoms with van der Waals surface area (Å²) in [7, 11) is 0. The lowest BCUT2D eigenvalue weighted by Gasteiger charge is -2.09. The first-order valence-corrected chi connectivity index (χ1v) is 9.14. The van der Waals surface area contributed by atoms with Crippen LogP contribution in [0.1, 0.15) is 16.8 Å². The van der Waals surface area contributed by atoms with Crippen LogP contribution in [0.25, 0.3) is 16.5 Å². The quantitative estimate of drug-likeness (QED) is 0.355. The van der Waals surface area contributed by atoms with Crippen LogP contribution in [0.2, 0.25) is 5.15 Å². The van der Waals surface area contributed by atoms with E-state index >= 15 is 0 Å². The number of alkyl halides is 3. The summed E-state index contributed by atoms with van der Waals surface area (Å²) in [6, 6.07) is 12.3. The molecule has 152 valence electrons. The Balaban J connectivity index is 1.63. The van der Waals surface area contributed by atoms with Crippen molar-refractivity contribution >= 4 is 34.4 Å². The fraction of sp³-hybridized carbons (Fsp3) is 0.100. The van der Waals surface area contributed by atoms with E-state index in [1.165, 1.54) is 23.0 Å². The van der Waals surface area contributed by atoms with E-state index in [1.807, 2.05) is 24.3 Å². The van der Waals surface area contributed by atoms with Crippen LogP contribution in [0.15, 0.2) is 59.8 Å². The highest BCUT2D eigenvalue weighted by Crippen LogP contribution is 2.31. The molecule has 6 nitrogen and oxygen atoms in total. The Hall–Kier alpha value is -3.46. The number of benzene rings is 2. The number of hydrogen-bond acceptors (Lipinski definition) is 5. The number of fused-ring (bicyclic) bond motifs is 1. The van der Waals surface area contributed by atoms with Gasteiger partial charge in [-0.25, -0.2) is 4.68 Å². The van der Waals surface area contributed by atoms with Crippen LogP contribution in [0, 0.1) is 6.92 Å². The molecule has 0 saturated carbocycles. The van der Waals surface area contributed by atoms with Gasteiger partial charge in [-0.3, -0.25) is 5.43 Å². The molecule has 0 amide bonds. The molecule has 30 heavy (non-hydrogen) atoms. The van der Waals surface area contributed by atoms with Gasteiger partial charge >= 0.3 is 6.18 Å². The zero-order chi connectivity index (χ0) is 21.3. The van der Waals surface area contributed by atoms with Gasteiger partial charge in [0.05, 0.1) is 34.9 Å². The van der Waals surface area contributed by atoms with Crippen LogP contribution in [-0.2, 0) is 6.18 Å². The third-order valence-corrected chi connectivity index (χ3v) is 4.76. The number of hydrazone groups is 1.